The molecule has 1 aromatic carbocycles. The summed E-state index contributed by atoms with van der Waals surface area (Å²) in [6.45, 7) is 3.62. The van der Waals surface area contributed by atoms with Crippen LogP contribution in [-0.2, 0) is 13.0 Å². The maximum atomic E-state index is 3.50. The van der Waals surface area contributed by atoms with E-state index in [0.717, 1.165) is 11.9 Å². The number of fused-ring (bicyclic) bond motifs is 1. The molecule has 15 heavy (non-hydrogen) atoms. The van der Waals surface area contributed by atoms with Gasteiger partial charge in [-0.25, -0.2) is 0 Å². The van der Waals surface area contributed by atoms with E-state index in [1.54, 1.807) is 5.56 Å². The molecular formula is C13H18BrN. The van der Waals surface area contributed by atoms with E-state index in [0.29, 0.717) is 0 Å². The number of hydrogen-bond acceptors (Lipinski definition) is 1. The van der Waals surface area contributed by atoms with Crippen LogP contribution < -0.4 is 0 Å². The van der Waals surface area contributed by atoms with Crippen molar-refractivity contribution in [3.8, 4) is 0 Å². The molecule has 0 saturated heterocycles. The molecule has 0 radical (unpaired) electrons. The smallest absolute Gasteiger partial charge is 0.0236 e. The van der Waals surface area contributed by atoms with Gasteiger partial charge in [0, 0.05) is 11.9 Å². The van der Waals surface area contributed by atoms with Crippen molar-refractivity contribution in [2.75, 3.05) is 18.4 Å². The average molecular weight is 268 g/mol. The van der Waals surface area contributed by atoms with Gasteiger partial charge in [-0.2, -0.15) is 0 Å². The molecule has 0 N–H and O–H groups in total. The van der Waals surface area contributed by atoms with Gasteiger partial charge in [0.15, 0.2) is 0 Å². The second kappa shape index (κ2) is 5.66. The summed E-state index contributed by atoms with van der Waals surface area (Å²) in [6, 6.07) is 8.88. The zero-order valence-electron chi connectivity index (χ0n) is 9.08. The zero-order valence-corrected chi connectivity index (χ0v) is 10.7. The highest BCUT2D eigenvalue weighted by Crippen LogP contribution is 2.18. The molecule has 1 heterocycles. The van der Waals surface area contributed by atoms with Crippen LogP contribution in [-0.4, -0.2) is 23.3 Å². The summed E-state index contributed by atoms with van der Waals surface area (Å²) in [7, 11) is 0. The van der Waals surface area contributed by atoms with Crippen LogP contribution in [0.15, 0.2) is 24.3 Å². The van der Waals surface area contributed by atoms with Gasteiger partial charge in [-0.1, -0.05) is 40.2 Å². The van der Waals surface area contributed by atoms with Crippen molar-refractivity contribution in [1.82, 2.24) is 4.90 Å². The predicted molar refractivity (Wildman–Crippen MR) is 68.5 cm³/mol. The van der Waals surface area contributed by atoms with E-state index in [-0.39, 0.29) is 0 Å². The van der Waals surface area contributed by atoms with Crippen molar-refractivity contribution >= 4 is 15.9 Å². The van der Waals surface area contributed by atoms with Crippen molar-refractivity contribution in [3.05, 3.63) is 35.4 Å². The molecule has 0 atom stereocenters. The predicted octanol–water partition coefficient (Wildman–Crippen LogP) is 3.22. The van der Waals surface area contributed by atoms with Crippen LogP contribution >= 0.6 is 15.9 Å². The number of alkyl halides is 1. The Morgan fingerprint density at radius 3 is 2.80 bits per heavy atom. The molecule has 0 spiro atoms. The van der Waals surface area contributed by atoms with Gasteiger partial charge in [-0.15, -0.1) is 0 Å². The van der Waals surface area contributed by atoms with Gasteiger partial charge in [0.2, 0.25) is 0 Å². The fourth-order valence-electron chi connectivity index (χ4n) is 2.24. The highest BCUT2D eigenvalue weighted by atomic mass is 79.9. The molecule has 1 aliphatic heterocycles. The molecule has 0 aliphatic carbocycles. The molecule has 2 rings (SSSR count). The van der Waals surface area contributed by atoms with E-state index >= 15 is 0 Å². The minimum atomic E-state index is 1.12. The van der Waals surface area contributed by atoms with Gasteiger partial charge < -0.3 is 0 Å². The van der Waals surface area contributed by atoms with Gasteiger partial charge in [0.25, 0.3) is 0 Å². The van der Waals surface area contributed by atoms with Crippen molar-refractivity contribution in [2.24, 2.45) is 0 Å². The molecular weight excluding hydrogens is 250 g/mol. The van der Waals surface area contributed by atoms with E-state index in [9.17, 15) is 0 Å². The second-order valence-electron chi connectivity index (χ2n) is 4.19. The molecule has 1 nitrogen and oxygen atoms in total. The highest BCUT2D eigenvalue weighted by molar-refractivity contribution is 9.09. The van der Waals surface area contributed by atoms with Gasteiger partial charge in [-0.05, 0) is 43.5 Å². The van der Waals surface area contributed by atoms with E-state index in [2.05, 4.69) is 45.1 Å². The Kier molecular flexibility index (Phi) is 4.21. The minimum Gasteiger partial charge on any atom is -0.299 e. The van der Waals surface area contributed by atoms with Crippen molar-refractivity contribution in [2.45, 2.75) is 25.8 Å². The Balaban J connectivity index is 2.04. The molecule has 2 heteroatoms. The topological polar surface area (TPSA) is 3.24 Å². The fraction of sp³-hybridized carbons (Fsp3) is 0.538. The summed E-state index contributed by atoms with van der Waals surface area (Å²) in [4.78, 5) is 2.58. The molecule has 1 aliphatic rings. The lowest BCUT2D eigenvalue weighted by Gasteiger charge is -2.19. The largest absolute Gasteiger partial charge is 0.299 e. The molecule has 0 aromatic heterocycles. The quantitative estimate of drug-likeness (QED) is 0.761. The normalized spacial score (nSPS) is 17.1. The number of halogens is 1. The number of aryl methyl sites for hydroxylation is 1. The number of nitrogens with zero attached hydrogens (tertiary/aromatic N) is 1. The average Bonchev–Trinajstić information content (AvgIpc) is 2.47. The SMILES string of the molecule is BrCCCN1CCCc2ccccc2C1. The first kappa shape index (κ1) is 11.2. The Morgan fingerprint density at radius 1 is 1.20 bits per heavy atom. The molecule has 0 bridgehead atoms. The summed E-state index contributed by atoms with van der Waals surface area (Å²) >= 11 is 3.50. The molecule has 0 saturated carbocycles. The third kappa shape index (κ3) is 3.05. The Morgan fingerprint density at radius 2 is 2.00 bits per heavy atom. The number of rotatable bonds is 3. The van der Waals surface area contributed by atoms with Crippen LogP contribution in [0, 0.1) is 0 Å². The fourth-order valence-corrected chi connectivity index (χ4v) is 2.49. The van der Waals surface area contributed by atoms with Crippen LogP contribution in [0.5, 0.6) is 0 Å². The van der Waals surface area contributed by atoms with Crippen molar-refractivity contribution in [1.29, 1.82) is 0 Å². The lowest BCUT2D eigenvalue weighted by Crippen LogP contribution is -2.24. The Labute approximate surface area is 101 Å². The number of benzene rings is 1. The summed E-state index contributed by atoms with van der Waals surface area (Å²) in [5.41, 5.74) is 3.09. The lowest BCUT2D eigenvalue weighted by atomic mass is 10.0. The van der Waals surface area contributed by atoms with Crippen LogP contribution in [0.25, 0.3) is 0 Å². The van der Waals surface area contributed by atoms with Crippen LogP contribution in [0.1, 0.15) is 24.0 Å². The monoisotopic (exact) mass is 267 g/mol. The summed E-state index contributed by atoms with van der Waals surface area (Å²) in [5, 5.41) is 1.12. The molecule has 0 amide bonds. The summed E-state index contributed by atoms with van der Waals surface area (Å²) < 4.78 is 0. The minimum absolute atomic E-state index is 1.12. The first-order valence-electron chi connectivity index (χ1n) is 5.75. The van der Waals surface area contributed by atoms with Crippen LogP contribution in [0.3, 0.4) is 0 Å². The van der Waals surface area contributed by atoms with Gasteiger partial charge in [0.1, 0.15) is 0 Å². The van der Waals surface area contributed by atoms with Gasteiger partial charge in [-0.3, -0.25) is 4.90 Å². The second-order valence-corrected chi connectivity index (χ2v) is 4.98. The van der Waals surface area contributed by atoms with Crippen LogP contribution in [0.4, 0.5) is 0 Å². The third-order valence-electron chi connectivity index (χ3n) is 3.04. The van der Waals surface area contributed by atoms with E-state index in [1.165, 1.54) is 37.9 Å². The third-order valence-corrected chi connectivity index (χ3v) is 3.60. The first-order chi connectivity index (χ1) is 7.40. The Hall–Kier alpha value is -0.340. The lowest BCUT2D eigenvalue weighted by molar-refractivity contribution is 0.271. The highest BCUT2D eigenvalue weighted by Gasteiger charge is 2.12. The molecule has 1 aromatic rings. The van der Waals surface area contributed by atoms with E-state index in [1.807, 2.05) is 0 Å². The molecule has 0 unspecified atom stereocenters. The summed E-state index contributed by atoms with van der Waals surface area (Å²) in [5.74, 6) is 0. The van der Waals surface area contributed by atoms with E-state index in [4.69, 9.17) is 0 Å². The standard InChI is InChI=1S/C13H18BrN/c14-8-4-10-15-9-3-7-12-5-1-2-6-13(12)11-15/h1-2,5-6H,3-4,7-11H2. The van der Waals surface area contributed by atoms with E-state index < -0.39 is 0 Å². The van der Waals surface area contributed by atoms with Gasteiger partial charge in [0.05, 0.1) is 0 Å². The first-order valence-corrected chi connectivity index (χ1v) is 6.87. The molecule has 82 valence electrons. The van der Waals surface area contributed by atoms with Gasteiger partial charge >= 0.3 is 0 Å². The van der Waals surface area contributed by atoms with Crippen molar-refractivity contribution < 1.29 is 0 Å². The zero-order chi connectivity index (χ0) is 10.5. The maximum Gasteiger partial charge on any atom is 0.0236 e. The maximum absolute atomic E-state index is 3.50. The Bertz CT molecular complexity index is 309. The number of hydrogen-bond donors (Lipinski definition) is 0. The summed E-state index contributed by atoms with van der Waals surface area (Å²) in [6.07, 6.45) is 3.81. The van der Waals surface area contributed by atoms with Crippen LogP contribution in [0.2, 0.25) is 0 Å². The van der Waals surface area contributed by atoms with Crippen molar-refractivity contribution in [3.63, 3.8) is 0 Å². The molecule has 0 fully saturated rings.